The SMILES string of the molecule is CC(C)[C@H](CN)Nc1ccc(C(F)(F)F)c(C(=O)c2cccnc2N)c1. The highest BCUT2D eigenvalue weighted by molar-refractivity contribution is 6.13. The normalized spacial score (nSPS) is 12.9. The van der Waals surface area contributed by atoms with Gasteiger partial charge in [-0.3, -0.25) is 4.79 Å². The van der Waals surface area contributed by atoms with Crippen LogP contribution in [0.2, 0.25) is 0 Å². The average molecular weight is 366 g/mol. The first kappa shape index (κ1) is 19.7. The number of halogens is 3. The number of nitrogens with one attached hydrogen (secondary N) is 1. The second-order valence-corrected chi connectivity index (χ2v) is 6.25. The Morgan fingerprint density at radius 3 is 2.46 bits per heavy atom. The van der Waals surface area contributed by atoms with Crippen molar-refractivity contribution >= 4 is 17.3 Å². The summed E-state index contributed by atoms with van der Waals surface area (Å²) in [6, 6.07) is 6.01. The third kappa shape index (κ3) is 4.32. The standard InChI is InChI=1S/C18H21F3N4O/c1-10(2)15(9-22)25-11-5-6-14(18(19,20)21)13(8-11)16(26)12-4-3-7-24-17(12)23/h3-8,10,15,25H,9,22H2,1-2H3,(H2,23,24)/t15-/m0/s1. The van der Waals surface area contributed by atoms with E-state index in [1.165, 1.54) is 30.5 Å². The van der Waals surface area contributed by atoms with Crippen molar-refractivity contribution in [2.24, 2.45) is 11.7 Å². The zero-order valence-corrected chi connectivity index (χ0v) is 14.5. The van der Waals surface area contributed by atoms with E-state index in [-0.39, 0.29) is 23.3 Å². The van der Waals surface area contributed by atoms with E-state index in [0.717, 1.165) is 6.07 Å². The lowest BCUT2D eigenvalue weighted by atomic mass is 9.97. The molecule has 1 heterocycles. The van der Waals surface area contributed by atoms with Gasteiger partial charge in [0.15, 0.2) is 5.78 Å². The second-order valence-electron chi connectivity index (χ2n) is 6.25. The van der Waals surface area contributed by atoms with Crippen LogP contribution in [0.25, 0.3) is 0 Å². The van der Waals surface area contributed by atoms with Crippen molar-refractivity contribution in [3.05, 3.63) is 53.2 Å². The van der Waals surface area contributed by atoms with Crippen molar-refractivity contribution in [1.29, 1.82) is 0 Å². The molecule has 8 heteroatoms. The first-order valence-electron chi connectivity index (χ1n) is 8.08. The molecular formula is C18H21F3N4O. The van der Waals surface area contributed by atoms with E-state index < -0.39 is 23.1 Å². The fraction of sp³-hybridized carbons (Fsp3) is 0.333. The summed E-state index contributed by atoms with van der Waals surface area (Å²) in [5.74, 6) is -0.790. The molecule has 0 saturated heterocycles. The second kappa shape index (κ2) is 7.74. The lowest BCUT2D eigenvalue weighted by Crippen LogP contribution is -2.33. The molecule has 1 aromatic heterocycles. The number of nitrogens with two attached hydrogens (primary N) is 2. The lowest BCUT2D eigenvalue weighted by Gasteiger charge is -2.23. The number of nitrogens with zero attached hydrogens (tertiary/aromatic N) is 1. The van der Waals surface area contributed by atoms with Gasteiger partial charge >= 0.3 is 6.18 Å². The fourth-order valence-corrected chi connectivity index (χ4v) is 2.54. The van der Waals surface area contributed by atoms with Crippen molar-refractivity contribution in [3.63, 3.8) is 0 Å². The first-order valence-corrected chi connectivity index (χ1v) is 8.08. The number of anilines is 2. The maximum Gasteiger partial charge on any atom is 0.417 e. The molecule has 1 aromatic carbocycles. The molecular weight excluding hydrogens is 345 g/mol. The summed E-state index contributed by atoms with van der Waals surface area (Å²) in [4.78, 5) is 16.5. The van der Waals surface area contributed by atoms with E-state index >= 15 is 0 Å². The van der Waals surface area contributed by atoms with Crippen LogP contribution in [0.4, 0.5) is 24.7 Å². The number of nitrogen functional groups attached to an aromatic ring is 1. The van der Waals surface area contributed by atoms with Gasteiger partial charge in [0, 0.05) is 30.0 Å². The van der Waals surface area contributed by atoms with Crippen molar-refractivity contribution < 1.29 is 18.0 Å². The van der Waals surface area contributed by atoms with Crippen molar-refractivity contribution in [1.82, 2.24) is 4.98 Å². The van der Waals surface area contributed by atoms with Gasteiger partial charge in [-0.2, -0.15) is 13.2 Å². The summed E-state index contributed by atoms with van der Waals surface area (Å²) in [6.45, 7) is 4.19. The Labute approximate surface area is 149 Å². The van der Waals surface area contributed by atoms with Crippen molar-refractivity contribution in [3.8, 4) is 0 Å². The highest BCUT2D eigenvalue weighted by atomic mass is 19.4. The summed E-state index contributed by atoms with van der Waals surface area (Å²) < 4.78 is 40.1. The van der Waals surface area contributed by atoms with E-state index in [1.807, 2.05) is 13.8 Å². The molecule has 0 saturated carbocycles. The minimum atomic E-state index is -4.67. The topological polar surface area (TPSA) is 94.0 Å². The number of alkyl halides is 3. The number of benzene rings is 1. The fourth-order valence-electron chi connectivity index (χ4n) is 2.54. The van der Waals surface area contributed by atoms with Gasteiger partial charge in [-0.1, -0.05) is 13.8 Å². The Morgan fingerprint density at radius 1 is 1.23 bits per heavy atom. The van der Waals surface area contributed by atoms with Crippen LogP contribution in [-0.2, 0) is 6.18 Å². The maximum atomic E-state index is 13.4. The number of pyridine rings is 1. The van der Waals surface area contributed by atoms with E-state index in [9.17, 15) is 18.0 Å². The van der Waals surface area contributed by atoms with Crippen LogP contribution in [0.15, 0.2) is 36.5 Å². The zero-order chi connectivity index (χ0) is 19.5. The number of carbonyl (C=O) groups is 1. The molecule has 0 aliphatic rings. The molecule has 26 heavy (non-hydrogen) atoms. The van der Waals surface area contributed by atoms with Crippen LogP contribution in [-0.4, -0.2) is 23.4 Å². The highest BCUT2D eigenvalue weighted by Gasteiger charge is 2.36. The minimum Gasteiger partial charge on any atom is -0.383 e. The van der Waals surface area contributed by atoms with E-state index in [4.69, 9.17) is 11.5 Å². The van der Waals surface area contributed by atoms with Crippen LogP contribution >= 0.6 is 0 Å². The molecule has 0 bridgehead atoms. The Morgan fingerprint density at radius 2 is 1.92 bits per heavy atom. The molecule has 2 aromatic rings. The van der Waals surface area contributed by atoms with Crippen molar-refractivity contribution in [2.75, 3.05) is 17.6 Å². The molecule has 0 unspecified atom stereocenters. The third-order valence-corrected chi connectivity index (χ3v) is 4.06. The molecule has 140 valence electrons. The minimum absolute atomic E-state index is 0.0746. The van der Waals surface area contributed by atoms with Gasteiger partial charge in [-0.05, 0) is 36.2 Å². The van der Waals surface area contributed by atoms with Gasteiger partial charge in [0.05, 0.1) is 11.1 Å². The van der Waals surface area contributed by atoms with E-state index in [0.29, 0.717) is 12.2 Å². The number of carbonyl (C=O) groups excluding carboxylic acids is 1. The Kier molecular flexibility index (Phi) is 5.86. The monoisotopic (exact) mass is 366 g/mol. The molecule has 2 rings (SSSR count). The number of ketones is 1. The number of aromatic nitrogens is 1. The van der Waals surface area contributed by atoms with Crippen LogP contribution in [0.1, 0.15) is 35.3 Å². The number of hydrogen-bond donors (Lipinski definition) is 3. The number of hydrogen-bond acceptors (Lipinski definition) is 5. The summed E-state index contributed by atoms with van der Waals surface area (Å²) in [7, 11) is 0. The van der Waals surface area contributed by atoms with Crippen LogP contribution in [0, 0.1) is 5.92 Å². The summed E-state index contributed by atoms with van der Waals surface area (Å²) >= 11 is 0. The molecule has 1 atom stereocenters. The molecule has 0 radical (unpaired) electrons. The zero-order valence-electron chi connectivity index (χ0n) is 14.5. The largest absolute Gasteiger partial charge is 0.417 e. The Bertz CT molecular complexity index is 790. The van der Waals surface area contributed by atoms with Gasteiger partial charge in [0.1, 0.15) is 5.82 Å². The summed E-state index contributed by atoms with van der Waals surface area (Å²) in [5, 5.41) is 3.08. The van der Waals surface area contributed by atoms with Gasteiger partial charge in [0.25, 0.3) is 0 Å². The third-order valence-electron chi connectivity index (χ3n) is 4.06. The van der Waals surface area contributed by atoms with Gasteiger partial charge in [-0.15, -0.1) is 0 Å². The maximum absolute atomic E-state index is 13.4. The van der Waals surface area contributed by atoms with E-state index in [1.54, 1.807) is 0 Å². The molecule has 5 nitrogen and oxygen atoms in total. The van der Waals surface area contributed by atoms with Crippen LogP contribution < -0.4 is 16.8 Å². The Hall–Kier alpha value is -2.61. The van der Waals surface area contributed by atoms with E-state index in [2.05, 4.69) is 10.3 Å². The van der Waals surface area contributed by atoms with Gasteiger partial charge in [-0.25, -0.2) is 4.98 Å². The Balaban J connectivity index is 2.52. The predicted molar refractivity (Wildman–Crippen MR) is 94.8 cm³/mol. The highest BCUT2D eigenvalue weighted by Crippen LogP contribution is 2.35. The molecule has 0 aliphatic heterocycles. The summed E-state index contributed by atoms with van der Waals surface area (Å²) in [5.41, 5.74) is 10.1. The number of rotatable bonds is 6. The molecule has 0 spiro atoms. The van der Waals surface area contributed by atoms with Gasteiger partial charge in [0.2, 0.25) is 0 Å². The first-order chi connectivity index (χ1) is 12.1. The average Bonchev–Trinajstić information content (AvgIpc) is 2.58. The summed E-state index contributed by atoms with van der Waals surface area (Å²) in [6.07, 6.45) is -3.31. The van der Waals surface area contributed by atoms with Crippen LogP contribution in [0.3, 0.4) is 0 Å². The van der Waals surface area contributed by atoms with Crippen LogP contribution in [0.5, 0.6) is 0 Å². The van der Waals surface area contributed by atoms with Gasteiger partial charge < -0.3 is 16.8 Å². The quantitative estimate of drug-likeness (QED) is 0.682. The molecule has 0 fully saturated rings. The predicted octanol–water partition coefficient (Wildman–Crippen LogP) is 3.31. The molecule has 5 N–H and O–H groups in total. The molecule has 0 amide bonds. The molecule has 0 aliphatic carbocycles. The van der Waals surface area contributed by atoms with Crippen molar-refractivity contribution in [2.45, 2.75) is 26.1 Å². The smallest absolute Gasteiger partial charge is 0.383 e. The lowest BCUT2D eigenvalue weighted by molar-refractivity contribution is -0.137.